The second-order valence-corrected chi connectivity index (χ2v) is 9.23. The van der Waals surface area contributed by atoms with Gasteiger partial charge in [-0.15, -0.1) is 11.3 Å². The molecule has 0 spiro atoms. The number of para-hydroxylation sites is 1. The van der Waals surface area contributed by atoms with Crippen LogP contribution < -0.4 is 0 Å². The highest BCUT2D eigenvalue weighted by atomic mass is 32.1. The van der Waals surface area contributed by atoms with Crippen LogP contribution in [0, 0.1) is 0 Å². The number of rotatable bonds is 3. The molecule has 0 atom stereocenters. The van der Waals surface area contributed by atoms with E-state index in [1.165, 1.54) is 26.4 Å². The Hall–Kier alpha value is -4.28. The zero-order valence-electron chi connectivity index (χ0n) is 18.2. The first kappa shape index (κ1) is 19.2. The summed E-state index contributed by atoms with van der Waals surface area (Å²) in [5.41, 5.74) is 6.31. The van der Waals surface area contributed by atoms with Crippen LogP contribution in [-0.4, -0.2) is 14.5 Å². The van der Waals surface area contributed by atoms with Gasteiger partial charge in [0.15, 0.2) is 5.82 Å². The molecule has 0 unspecified atom stereocenters. The lowest BCUT2D eigenvalue weighted by Gasteiger charge is -2.14. The van der Waals surface area contributed by atoms with E-state index in [2.05, 4.69) is 88.8 Å². The van der Waals surface area contributed by atoms with Crippen molar-refractivity contribution in [3.8, 4) is 28.3 Å². The maximum atomic E-state index is 5.11. The fourth-order valence-corrected chi connectivity index (χ4v) is 5.77. The van der Waals surface area contributed by atoms with E-state index in [0.29, 0.717) is 0 Å². The predicted molar refractivity (Wildman–Crippen MR) is 143 cm³/mol. The molecule has 7 aromatic rings. The Morgan fingerprint density at radius 2 is 1.38 bits per heavy atom. The van der Waals surface area contributed by atoms with Crippen LogP contribution in [0.1, 0.15) is 0 Å². The van der Waals surface area contributed by atoms with E-state index < -0.39 is 0 Å². The maximum absolute atomic E-state index is 5.11. The molecule has 0 radical (unpaired) electrons. The van der Waals surface area contributed by atoms with Crippen molar-refractivity contribution in [2.45, 2.75) is 0 Å². The van der Waals surface area contributed by atoms with Crippen molar-refractivity contribution in [1.82, 2.24) is 14.5 Å². The number of nitrogens with zero attached hydrogens (tertiary/aromatic N) is 3. The van der Waals surface area contributed by atoms with Crippen LogP contribution >= 0.6 is 11.3 Å². The summed E-state index contributed by atoms with van der Waals surface area (Å²) in [5, 5.41) is 5.98. The molecule has 0 fully saturated rings. The summed E-state index contributed by atoms with van der Waals surface area (Å²) in [6, 6.07) is 35.8. The molecular formula is C30H19N3S. The monoisotopic (exact) mass is 453 g/mol. The zero-order valence-corrected chi connectivity index (χ0v) is 19.0. The van der Waals surface area contributed by atoms with Gasteiger partial charge in [0.05, 0.1) is 28.6 Å². The van der Waals surface area contributed by atoms with Gasteiger partial charge in [-0.3, -0.25) is 0 Å². The summed E-state index contributed by atoms with van der Waals surface area (Å²) in [4.78, 5) is 9.93. The van der Waals surface area contributed by atoms with Gasteiger partial charge in [-0.25, -0.2) is 9.97 Å². The molecule has 4 heteroatoms. The highest BCUT2D eigenvalue weighted by Gasteiger charge is 2.19. The third-order valence-electron chi connectivity index (χ3n) is 6.34. The summed E-state index contributed by atoms with van der Waals surface area (Å²) in [5.74, 6) is 0.726. The minimum atomic E-state index is 0.726. The molecular weight excluding hydrogens is 434 g/mol. The molecule has 3 heterocycles. The Morgan fingerprint density at radius 1 is 0.647 bits per heavy atom. The Balaban J connectivity index is 1.60. The Bertz CT molecular complexity index is 1800. The Kier molecular flexibility index (Phi) is 4.32. The second kappa shape index (κ2) is 7.65. The number of hydrogen-bond acceptors (Lipinski definition) is 3. The van der Waals surface area contributed by atoms with Gasteiger partial charge in [-0.05, 0) is 29.0 Å². The molecule has 34 heavy (non-hydrogen) atoms. The summed E-state index contributed by atoms with van der Waals surface area (Å²) in [6.45, 7) is 0. The lowest BCUT2D eigenvalue weighted by atomic mass is 10.1. The minimum absolute atomic E-state index is 0.726. The lowest BCUT2D eigenvalue weighted by Crippen LogP contribution is -2.02. The van der Waals surface area contributed by atoms with Gasteiger partial charge in [0.2, 0.25) is 0 Å². The quantitative estimate of drug-likeness (QED) is 0.270. The van der Waals surface area contributed by atoms with Gasteiger partial charge < -0.3 is 4.57 Å². The van der Waals surface area contributed by atoms with E-state index in [0.717, 1.165) is 33.8 Å². The average molecular weight is 454 g/mol. The molecule has 0 aliphatic rings. The standard InChI is InChI=1S/C30H19N3S/c1-3-9-20(10-4-1)28-26(19-31-30(32-28)22-11-5-2-6-12-22)33-24-14-8-7-13-23(24)27-25(33)16-15-21-17-18-34-29(21)27/h1-19H. The van der Waals surface area contributed by atoms with E-state index in [9.17, 15) is 0 Å². The van der Waals surface area contributed by atoms with Crippen LogP contribution in [0.5, 0.6) is 0 Å². The van der Waals surface area contributed by atoms with Crippen molar-refractivity contribution >= 4 is 43.2 Å². The number of hydrogen-bond donors (Lipinski definition) is 0. The van der Waals surface area contributed by atoms with Crippen LogP contribution in [0.3, 0.4) is 0 Å². The topological polar surface area (TPSA) is 30.7 Å². The van der Waals surface area contributed by atoms with Crippen molar-refractivity contribution in [3.63, 3.8) is 0 Å². The van der Waals surface area contributed by atoms with E-state index >= 15 is 0 Å². The Labute approximate surface area is 200 Å². The van der Waals surface area contributed by atoms with Crippen LogP contribution in [0.4, 0.5) is 0 Å². The van der Waals surface area contributed by atoms with Gasteiger partial charge in [0.1, 0.15) is 0 Å². The summed E-state index contributed by atoms with van der Waals surface area (Å²) in [7, 11) is 0. The van der Waals surface area contributed by atoms with Crippen molar-refractivity contribution in [2.75, 3.05) is 0 Å². The largest absolute Gasteiger partial charge is 0.306 e. The smallest absolute Gasteiger partial charge is 0.159 e. The van der Waals surface area contributed by atoms with Crippen LogP contribution in [-0.2, 0) is 0 Å². The van der Waals surface area contributed by atoms with Crippen molar-refractivity contribution < 1.29 is 0 Å². The van der Waals surface area contributed by atoms with Crippen LogP contribution in [0.2, 0.25) is 0 Å². The number of aromatic nitrogens is 3. The van der Waals surface area contributed by atoms with Crippen LogP contribution in [0.25, 0.3) is 60.2 Å². The van der Waals surface area contributed by atoms with E-state index in [1.54, 1.807) is 11.3 Å². The lowest BCUT2D eigenvalue weighted by molar-refractivity contribution is 1.09. The maximum Gasteiger partial charge on any atom is 0.159 e. The normalized spacial score (nSPS) is 11.5. The van der Waals surface area contributed by atoms with Gasteiger partial charge in [-0.1, -0.05) is 84.9 Å². The van der Waals surface area contributed by atoms with Gasteiger partial charge in [-0.2, -0.15) is 0 Å². The minimum Gasteiger partial charge on any atom is -0.306 e. The molecule has 3 nitrogen and oxygen atoms in total. The van der Waals surface area contributed by atoms with E-state index in [4.69, 9.17) is 9.97 Å². The third kappa shape index (κ3) is 2.89. The molecule has 3 aromatic heterocycles. The zero-order chi connectivity index (χ0) is 22.5. The summed E-state index contributed by atoms with van der Waals surface area (Å²) in [6.07, 6.45) is 1.97. The van der Waals surface area contributed by atoms with Crippen molar-refractivity contribution in [1.29, 1.82) is 0 Å². The summed E-state index contributed by atoms with van der Waals surface area (Å²) >= 11 is 1.80. The number of fused-ring (bicyclic) bond motifs is 5. The second-order valence-electron chi connectivity index (χ2n) is 8.31. The average Bonchev–Trinajstić information content (AvgIpc) is 3.52. The highest BCUT2D eigenvalue weighted by Crippen LogP contribution is 2.40. The molecule has 7 rings (SSSR count). The fourth-order valence-electron chi connectivity index (χ4n) is 4.81. The summed E-state index contributed by atoms with van der Waals surface area (Å²) < 4.78 is 3.64. The Morgan fingerprint density at radius 3 is 2.21 bits per heavy atom. The van der Waals surface area contributed by atoms with Gasteiger partial charge in [0, 0.05) is 26.6 Å². The highest BCUT2D eigenvalue weighted by molar-refractivity contribution is 7.18. The third-order valence-corrected chi connectivity index (χ3v) is 7.29. The molecule has 0 bridgehead atoms. The van der Waals surface area contributed by atoms with E-state index in [-0.39, 0.29) is 0 Å². The molecule has 0 saturated carbocycles. The first-order valence-electron chi connectivity index (χ1n) is 11.3. The van der Waals surface area contributed by atoms with Crippen molar-refractivity contribution in [2.24, 2.45) is 0 Å². The molecule has 0 saturated heterocycles. The molecule has 0 aliphatic heterocycles. The molecule has 4 aromatic carbocycles. The first-order chi connectivity index (χ1) is 16.9. The number of benzene rings is 4. The SMILES string of the molecule is c1ccc(-c2ncc(-n3c4ccccc4c4c5sccc5ccc43)c(-c3ccccc3)n2)cc1. The van der Waals surface area contributed by atoms with Crippen LogP contribution in [0.15, 0.2) is 115 Å². The molecule has 0 aliphatic carbocycles. The van der Waals surface area contributed by atoms with Crippen molar-refractivity contribution in [3.05, 3.63) is 115 Å². The van der Waals surface area contributed by atoms with Gasteiger partial charge in [0.25, 0.3) is 0 Å². The number of thiophene rings is 1. The predicted octanol–water partition coefficient (Wildman–Crippen LogP) is 8.12. The molecule has 0 N–H and O–H groups in total. The van der Waals surface area contributed by atoms with Gasteiger partial charge >= 0.3 is 0 Å². The first-order valence-corrected chi connectivity index (χ1v) is 12.1. The molecule has 160 valence electrons. The molecule has 0 amide bonds. The fraction of sp³-hybridized carbons (Fsp3) is 0. The van der Waals surface area contributed by atoms with E-state index in [1.807, 2.05) is 30.5 Å².